The van der Waals surface area contributed by atoms with Gasteiger partial charge >= 0.3 is 6.09 Å². The van der Waals surface area contributed by atoms with Crippen LogP contribution in [0.3, 0.4) is 0 Å². The Morgan fingerprint density at radius 1 is 1.39 bits per heavy atom. The van der Waals surface area contributed by atoms with Crippen molar-refractivity contribution in [3.63, 3.8) is 0 Å². The Labute approximate surface area is 148 Å². The van der Waals surface area contributed by atoms with Crippen LogP contribution in [-0.4, -0.2) is 36.2 Å². The van der Waals surface area contributed by atoms with E-state index in [9.17, 15) is 4.79 Å². The lowest BCUT2D eigenvalue weighted by molar-refractivity contribution is 0.119. The van der Waals surface area contributed by atoms with E-state index in [1.54, 1.807) is 0 Å². The molecule has 0 bridgehead atoms. The van der Waals surface area contributed by atoms with Crippen LogP contribution in [0, 0.1) is 0 Å². The second kappa shape index (κ2) is 7.29. The zero-order valence-electron chi connectivity index (χ0n) is 13.3. The van der Waals surface area contributed by atoms with E-state index in [1.807, 2.05) is 30.0 Å². The predicted octanol–water partition coefficient (Wildman–Crippen LogP) is 3.74. The Kier molecular flexibility index (Phi) is 5.82. The first-order valence-electron chi connectivity index (χ1n) is 7.97. The SMILES string of the molecule is C[C@H]1COC(=O)N1C1CCC(CN)(c2cccc(Cl)c2)CC1.Cl. The van der Waals surface area contributed by atoms with Crippen LogP contribution in [0.2, 0.25) is 5.02 Å². The summed E-state index contributed by atoms with van der Waals surface area (Å²) in [5, 5.41) is 0.754. The molecule has 0 radical (unpaired) electrons. The van der Waals surface area contributed by atoms with Gasteiger partial charge in [-0.05, 0) is 50.3 Å². The molecule has 2 fully saturated rings. The summed E-state index contributed by atoms with van der Waals surface area (Å²) in [4.78, 5) is 13.8. The van der Waals surface area contributed by atoms with E-state index in [-0.39, 0.29) is 36.0 Å². The lowest BCUT2D eigenvalue weighted by atomic mass is 9.68. The van der Waals surface area contributed by atoms with Gasteiger partial charge in [0, 0.05) is 23.0 Å². The Hall–Kier alpha value is -0.970. The van der Waals surface area contributed by atoms with Crippen molar-refractivity contribution < 1.29 is 9.53 Å². The van der Waals surface area contributed by atoms with Crippen LogP contribution < -0.4 is 5.73 Å². The summed E-state index contributed by atoms with van der Waals surface area (Å²) in [6.45, 7) is 3.17. The van der Waals surface area contributed by atoms with Crippen LogP contribution in [-0.2, 0) is 10.2 Å². The molecule has 1 aliphatic carbocycles. The zero-order chi connectivity index (χ0) is 15.7. The molecule has 1 aromatic carbocycles. The van der Waals surface area contributed by atoms with Crippen molar-refractivity contribution in [2.45, 2.75) is 50.1 Å². The molecule has 128 valence electrons. The van der Waals surface area contributed by atoms with Gasteiger partial charge in [0.05, 0.1) is 6.04 Å². The summed E-state index contributed by atoms with van der Waals surface area (Å²) in [7, 11) is 0. The molecule has 1 saturated carbocycles. The normalized spacial score (nSPS) is 30.7. The lowest BCUT2D eigenvalue weighted by Crippen LogP contribution is -2.47. The van der Waals surface area contributed by atoms with Gasteiger partial charge in [0.25, 0.3) is 0 Å². The highest BCUT2D eigenvalue weighted by Gasteiger charge is 2.42. The number of nitrogens with zero attached hydrogens (tertiary/aromatic N) is 1. The molecule has 0 aromatic heterocycles. The van der Waals surface area contributed by atoms with Gasteiger partial charge in [-0.15, -0.1) is 12.4 Å². The van der Waals surface area contributed by atoms with E-state index in [4.69, 9.17) is 22.1 Å². The average molecular weight is 359 g/mol. The third-order valence-electron chi connectivity index (χ3n) is 5.27. The molecule has 1 amide bonds. The molecular weight excluding hydrogens is 335 g/mol. The molecule has 0 spiro atoms. The number of benzene rings is 1. The molecule has 1 aromatic rings. The average Bonchev–Trinajstić information content (AvgIpc) is 2.86. The van der Waals surface area contributed by atoms with Crippen LogP contribution >= 0.6 is 24.0 Å². The molecule has 1 saturated heterocycles. The van der Waals surface area contributed by atoms with Gasteiger partial charge in [-0.25, -0.2) is 4.79 Å². The quantitative estimate of drug-likeness (QED) is 0.895. The first-order chi connectivity index (χ1) is 10.6. The number of ether oxygens (including phenoxy) is 1. The second-order valence-corrected chi connectivity index (χ2v) is 7.00. The van der Waals surface area contributed by atoms with Crippen LogP contribution in [0.1, 0.15) is 38.2 Å². The van der Waals surface area contributed by atoms with Crippen LogP contribution in [0.5, 0.6) is 0 Å². The summed E-state index contributed by atoms with van der Waals surface area (Å²) < 4.78 is 5.15. The van der Waals surface area contributed by atoms with Crippen molar-refractivity contribution in [3.8, 4) is 0 Å². The molecule has 0 unspecified atom stereocenters. The highest BCUT2D eigenvalue weighted by atomic mass is 35.5. The van der Waals surface area contributed by atoms with Crippen molar-refractivity contribution in [1.82, 2.24) is 4.90 Å². The summed E-state index contributed by atoms with van der Waals surface area (Å²) in [5.41, 5.74) is 7.33. The number of cyclic esters (lactones) is 1. The van der Waals surface area contributed by atoms with Crippen molar-refractivity contribution in [1.29, 1.82) is 0 Å². The topological polar surface area (TPSA) is 55.6 Å². The number of carbonyl (C=O) groups is 1. The fraction of sp³-hybridized carbons (Fsp3) is 0.588. The molecule has 6 heteroatoms. The minimum atomic E-state index is -0.166. The Morgan fingerprint density at radius 2 is 2.09 bits per heavy atom. The molecule has 1 heterocycles. The maximum Gasteiger partial charge on any atom is 0.410 e. The van der Waals surface area contributed by atoms with Gasteiger partial charge in [0.1, 0.15) is 6.61 Å². The summed E-state index contributed by atoms with van der Waals surface area (Å²) in [6.07, 6.45) is 3.71. The number of amides is 1. The van der Waals surface area contributed by atoms with Gasteiger partial charge in [0.15, 0.2) is 0 Å². The van der Waals surface area contributed by atoms with Gasteiger partial charge in [0.2, 0.25) is 0 Å². The molecule has 2 N–H and O–H groups in total. The summed E-state index contributed by atoms with van der Waals surface area (Å²) >= 11 is 6.14. The minimum Gasteiger partial charge on any atom is -0.447 e. The van der Waals surface area contributed by atoms with Crippen LogP contribution in [0.4, 0.5) is 4.79 Å². The van der Waals surface area contributed by atoms with Gasteiger partial charge in [-0.3, -0.25) is 4.90 Å². The first-order valence-corrected chi connectivity index (χ1v) is 8.35. The van der Waals surface area contributed by atoms with E-state index < -0.39 is 0 Å². The van der Waals surface area contributed by atoms with Crippen molar-refractivity contribution >= 4 is 30.1 Å². The third kappa shape index (κ3) is 3.44. The largest absolute Gasteiger partial charge is 0.447 e. The fourth-order valence-corrected chi connectivity index (χ4v) is 4.09. The monoisotopic (exact) mass is 358 g/mol. The van der Waals surface area contributed by atoms with Crippen molar-refractivity contribution in [2.75, 3.05) is 13.2 Å². The standard InChI is InChI=1S/C17H23ClN2O2.ClH/c1-12-10-22-16(21)20(12)15-5-7-17(11-19,8-6-15)13-3-2-4-14(18)9-13;/h2-4,9,12,15H,5-8,10-11,19H2,1H3;1H/t12-,15?,17?;/m0./s1. The highest BCUT2D eigenvalue weighted by Crippen LogP contribution is 2.41. The molecule has 1 atom stereocenters. The summed E-state index contributed by atoms with van der Waals surface area (Å²) in [5.74, 6) is 0. The number of hydrogen-bond donors (Lipinski definition) is 1. The molecule has 23 heavy (non-hydrogen) atoms. The predicted molar refractivity (Wildman–Crippen MR) is 94.3 cm³/mol. The molecular formula is C17H24Cl2N2O2. The second-order valence-electron chi connectivity index (χ2n) is 6.56. The summed E-state index contributed by atoms with van der Waals surface area (Å²) in [6, 6.07) is 8.47. The fourth-order valence-electron chi connectivity index (χ4n) is 3.90. The van der Waals surface area contributed by atoms with Gasteiger partial charge < -0.3 is 10.5 Å². The van der Waals surface area contributed by atoms with E-state index in [1.165, 1.54) is 5.56 Å². The molecule has 2 aliphatic rings. The lowest BCUT2D eigenvalue weighted by Gasteiger charge is -2.42. The Bertz CT molecular complexity index is 559. The van der Waals surface area contributed by atoms with E-state index in [2.05, 4.69) is 6.07 Å². The third-order valence-corrected chi connectivity index (χ3v) is 5.50. The number of halogens is 2. The van der Waals surface area contributed by atoms with Gasteiger partial charge in [-0.2, -0.15) is 0 Å². The zero-order valence-corrected chi connectivity index (χ0v) is 14.9. The van der Waals surface area contributed by atoms with Crippen molar-refractivity contribution in [3.05, 3.63) is 34.9 Å². The van der Waals surface area contributed by atoms with Crippen LogP contribution in [0.15, 0.2) is 24.3 Å². The Balaban J connectivity index is 0.00000192. The number of rotatable bonds is 3. The maximum absolute atomic E-state index is 11.9. The van der Waals surface area contributed by atoms with Crippen LogP contribution in [0.25, 0.3) is 0 Å². The smallest absolute Gasteiger partial charge is 0.410 e. The minimum absolute atomic E-state index is 0. The molecule has 3 rings (SSSR count). The van der Waals surface area contributed by atoms with E-state index >= 15 is 0 Å². The molecule has 4 nitrogen and oxygen atoms in total. The first kappa shape index (κ1) is 18.4. The number of nitrogens with two attached hydrogens (primary N) is 1. The maximum atomic E-state index is 11.9. The van der Waals surface area contributed by atoms with E-state index in [0.717, 1.165) is 30.7 Å². The highest BCUT2D eigenvalue weighted by molar-refractivity contribution is 6.30. The number of hydrogen-bond acceptors (Lipinski definition) is 3. The number of carbonyl (C=O) groups excluding carboxylic acids is 1. The van der Waals surface area contributed by atoms with E-state index in [0.29, 0.717) is 13.2 Å². The van der Waals surface area contributed by atoms with Crippen molar-refractivity contribution in [2.24, 2.45) is 5.73 Å². The van der Waals surface area contributed by atoms with Gasteiger partial charge in [-0.1, -0.05) is 23.7 Å². The molecule has 1 aliphatic heterocycles. The Morgan fingerprint density at radius 3 is 2.61 bits per heavy atom.